The van der Waals surface area contributed by atoms with E-state index in [4.69, 9.17) is 14.5 Å². The van der Waals surface area contributed by atoms with E-state index in [1.54, 1.807) is 0 Å². The molecule has 0 aromatic rings. The Morgan fingerprint density at radius 1 is 1.28 bits per heavy atom. The van der Waals surface area contributed by atoms with Crippen molar-refractivity contribution in [2.75, 3.05) is 25.6 Å². The van der Waals surface area contributed by atoms with Crippen molar-refractivity contribution in [1.29, 1.82) is 0 Å². The summed E-state index contributed by atoms with van der Waals surface area (Å²) in [5, 5.41) is 4.76. The molecule has 18 heavy (non-hydrogen) atoms. The molecule has 0 saturated carbocycles. The Bertz CT molecular complexity index is 355. The van der Waals surface area contributed by atoms with Gasteiger partial charge in [0.1, 0.15) is 0 Å². The van der Waals surface area contributed by atoms with Crippen LogP contribution in [-0.4, -0.2) is 47.9 Å². The van der Waals surface area contributed by atoms with Crippen molar-refractivity contribution in [2.45, 2.75) is 50.3 Å². The molecule has 3 heterocycles. The molecule has 3 aliphatic rings. The normalized spacial score (nSPS) is 41.4. The minimum Gasteiger partial charge on any atom is -0.381 e. The monoisotopic (exact) mass is 270 g/mol. The summed E-state index contributed by atoms with van der Waals surface area (Å²) in [6, 6.07) is 0. The summed E-state index contributed by atoms with van der Waals surface area (Å²) in [6.07, 6.45) is 3.44. The highest BCUT2D eigenvalue weighted by Crippen LogP contribution is 2.35. The highest BCUT2D eigenvalue weighted by Gasteiger charge is 2.42. The standard InChI is InChI=1S/C13H22N2O2S/c1-10-12(2,3-8-17-10)14-11-15-13(9-18-11)4-6-16-7-5-13/h10H,3-9H2,1-2H3,(H,14,15). The molecule has 5 heteroatoms. The van der Waals surface area contributed by atoms with E-state index < -0.39 is 0 Å². The predicted molar refractivity (Wildman–Crippen MR) is 74.2 cm³/mol. The third-order valence-corrected chi connectivity index (χ3v) is 5.68. The number of nitrogens with one attached hydrogen (secondary N) is 1. The Balaban J connectivity index is 1.71. The summed E-state index contributed by atoms with van der Waals surface area (Å²) < 4.78 is 11.1. The number of rotatable bonds is 1. The summed E-state index contributed by atoms with van der Waals surface area (Å²) >= 11 is 1.86. The van der Waals surface area contributed by atoms with Crippen LogP contribution in [0.25, 0.3) is 0 Å². The van der Waals surface area contributed by atoms with Crippen LogP contribution < -0.4 is 5.32 Å². The van der Waals surface area contributed by atoms with Gasteiger partial charge in [-0.3, -0.25) is 4.99 Å². The molecule has 2 atom stereocenters. The second kappa shape index (κ2) is 4.69. The van der Waals surface area contributed by atoms with E-state index in [1.165, 1.54) is 0 Å². The average Bonchev–Trinajstić information content (AvgIpc) is 2.87. The van der Waals surface area contributed by atoms with Gasteiger partial charge in [0.05, 0.1) is 17.2 Å². The maximum Gasteiger partial charge on any atom is 0.157 e. The highest BCUT2D eigenvalue weighted by atomic mass is 32.2. The second-order valence-electron chi connectivity index (χ2n) is 5.84. The fourth-order valence-electron chi connectivity index (χ4n) is 2.80. The smallest absolute Gasteiger partial charge is 0.157 e. The first kappa shape index (κ1) is 12.8. The lowest BCUT2D eigenvalue weighted by molar-refractivity contribution is 0.0554. The van der Waals surface area contributed by atoms with Crippen molar-refractivity contribution in [2.24, 2.45) is 4.99 Å². The number of aliphatic imine (C=N–C) groups is 1. The van der Waals surface area contributed by atoms with E-state index in [0.29, 0.717) is 0 Å². The molecule has 102 valence electrons. The Morgan fingerprint density at radius 3 is 2.72 bits per heavy atom. The predicted octanol–water partition coefficient (Wildman–Crippen LogP) is 1.80. The summed E-state index contributed by atoms with van der Waals surface area (Å²) in [4.78, 5) is 4.94. The maximum atomic E-state index is 5.65. The van der Waals surface area contributed by atoms with E-state index in [9.17, 15) is 0 Å². The molecule has 3 rings (SSSR count). The van der Waals surface area contributed by atoms with E-state index in [0.717, 1.165) is 50.0 Å². The lowest BCUT2D eigenvalue weighted by Gasteiger charge is -2.33. The summed E-state index contributed by atoms with van der Waals surface area (Å²) in [5.74, 6) is 1.13. The second-order valence-corrected chi connectivity index (χ2v) is 6.81. The number of hydrogen-bond acceptors (Lipinski definition) is 4. The van der Waals surface area contributed by atoms with Crippen LogP contribution in [-0.2, 0) is 9.47 Å². The minimum atomic E-state index is -0.0496. The molecule has 0 radical (unpaired) electrons. The van der Waals surface area contributed by atoms with E-state index in [2.05, 4.69) is 19.2 Å². The third-order valence-electron chi connectivity index (χ3n) is 4.52. The quantitative estimate of drug-likeness (QED) is 0.789. The van der Waals surface area contributed by atoms with Gasteiger partial charge in [0, 0.05) is 25.6 Å². The molecule has 1 N–H and O–H groups in total. The molecule has 3 aliphatic heterocycles. The van der Waals surface area contributed by atoms with Crippen LogP contribution in [0.4, 0.5) is 0 Å². The molecule has 1 spiro atoms. The van der Waals surface area contributed by atoms with Crippen molar-refractivity contribution < 1.29 is 9.47 Å². The fraction of sp³-hybridized carbons (Fsp3) is 0.923. The first-order valence-electron chi connectivity index (χ1n) is 6.82. The van der Waals surface area contributed by atoms with Crippen molar-refractivity contribution in [3.8, 4) is 0 Å². The number of ether oxygens (including phenoxy) is 2. The van der Waals surface area contributed by atoms with Gasteiger partial charge in [-0.1, -0.05) is 11.8 Å². The average molecular weight is 270 g/mol. The summed E-state index contributed by atoms with van der Waals surface area (Å²) in [5.41, 5.74) is 0.187. The first-order valence-corrected chi connectivity index (χ1v) is 7.81. The van der Waals surface area contributed by atoms with Crippen molar-refractivity contribution in [3.63, 3.8) is 0 Å². The van der Waals surface area contributed by atoms with Crippen LogP contribution in [0.1, 0.15) is 33.1 Å². The van der Waals surface area contributed by atoms with E-state index in [-0.39, 0.29) is 17.2 Å². The van der Waals surface area contributed by atoms with Crippen LogP contribution in [0.5, 0.6) is 0 Å². The van der Waals surface area contributed by atoms with Crippen molar-refractivity contribution in [1.82, 2.24) is 5.32 Å². The maximum absolute atomic E-state index is 5.65. The number of hydrogen-bond donors (Lipinski definition) is 1. The first-order chi connectivity index (χ1) is 8.62. The van der Waals surface area contributed by atoms with Gasteiger partial charge in [0.2, 0.25) is 0 Å². The van der Waals surface area contributed by atoms with Gasteiger partial charge in [-0.05, 0) is 33.1 Å². The van der Waals surface area contributed by atoms with Crippen molar-refractivity contribution >= 4 is 16.9 Å². The van der Waals surface area contributed by atoms with Gasteiger partial charge >= 0.3 is 0 Å². The largest absolute Gasteiger partial charge is 0.381 e. The summed E-state index contributed by atoms with van der Waals surface area (Å²) in [6.45, 7) is 6.91. The molecule has 4 nitrogen and oxygen atoms in total. The number of amidine groups is 1. The Morgan fingerprint density at radius 2 is 2.06 bits per heavy atom. The third kappa shape index (κ3) is 2.28. The molecular formula is C13H22N2O2S. The molecule has 0 aromatic heterocycles. The van der Waals surface area contributed by atoms with E-state index in [1.807, 2.05) is 11.8 Å². The topological polar surface area (TPSA) is 42.8 Å². The molecule has 3 fully saturated rings. The molecule has 0 bridgehead atoms. The zero-order valence-electron chi connectivity index (χ0n) is 11.2. The Labute approximate surface area is 113 Å². The highest BCUT2D eigenvalue weighted by molar-refractivity contribution is 8.14. The van der Waals surface area contributed by atoms with Gasteiger partial charge in [0.25, 0.3) is 0 Å². The van der Waals surface area contributed by atoms with Crippen molar-refractivity contribution in [3.05, 3.63) is 0 Å². The number of thioether (sulfide) groups is 1. The zero-order chi connectivity index (χ0) is 12.6. The zero-order valence-corrected chi connectivity index (χ0v) is 12.0. The fourth-order valence-corrected chi connectivity index (χ4v) is 4.14. The van der Waals surface area contributed by atoms with Gasteiger partial charge in [-0.15, -0.1) is 0 Å². The lowest BCUT2D eigenvalue weighted by atomic mass is 9.92. The molecule has 2 unspecified atom stereocenters. The van der Waals surface area contributed by atoms with Crippen LogP contribution in [0.3, 0.4) is 0 Å². The Hall–Kier alpha value is -0.260. The van der Waals surface area contributed by atoms with Gasteiger partial charge in [-0.25, -0.2) is 0 Å². The molecule has 0 amide bonds. The molecule has 0 aromatic carbocycles. The van der Waals surface area contributed by atoms with Gasteiger partial charge in [-0.2, -0.15) is 0 Å². The number of nitrogens with zero attached hydrogens (tertiary/aromatic N) is 1. The SMILES string of the molecule is CC1OCCC1(C)N=C1NC2(CCOCC2)CS1. The minimum absolute atomic E-state index is 0.0496. The van der Waals surface area contributed by atoms with E-state index >= 15 is 0 Å². The van der Waals surface area contributed by atoms with Crippen LogP contribution in [0.2, 0.25) is 0 Å². The molecular weight excluding hydrogens is 248 g/mol. The van der Waals surface area contributed by atoms with Gasteiger partial charge < -0.3 is 14.8 Å². The molecule has 0 aliphatic carbocycles. The van der Waals surface area contributed by atoms with Crippen LogP contribution in [0, 0.1) is 0 Å². The summed E-state index contributed by atoms with van der Waals surface area (Å²) in [7, 11) is 0. The van der Waals surface area contributed by atoms with Gasteiger partial charge in [0.15, 0.2) is 5.17 Å². The lowest BCUT2D eigenvalue weighted by Crippen LogP contribution is -2.48. The van der Waals surface area contributed by atoms with Crippen LogP contribution >= 0.6 is 11.8 Å². The Kier molecular flexibility index (Phi) is 3.32. The molecule has 3 saturated heterocycles. The van der Waals surface area contributed by atoms with Crippen LogP contribution in [0.15, 0.2) is 4.99 Å².